The largest absolute Gasteiger partial charge is 0.352 e. The predicted molar refractivity (Wildman–Crippen MR) is 91.3 cm³/mol. The first-order valence-electron chi connectivity index (χ1n) is 7.66. The van der Waals surface area contributed by atoms with E-state index in [4.69, 9.17) is 11.6 Å². The molecular formula is C16H15ClN6O. The molecule has 8 heteroatoms. The van der Waals surface area contributed by atoms with Crippen LogP contribution in [-0.4, -0.2) is 57.2 Å². The quantitative estimate of drug-likeness (QED) is 0.770. The van der Waals surface area contributed by atoms with Crippen LogP contribution in [0.5, 0.6) is 0 Å². The van der Waals surface area contributed by atoms with Crippen molar-refractivity contribution < 1.29 is 4.79 Å². The summed E-state index contributed by atoms with van der Waals surface area (Å²) in [7, 11) is 0. The van der Waals surface area contributed by atoms with Gasteiger partial charge in [0.1, 0.15) is 12.1 Å². The zero-order valence-electron chi connectivity index (χ0n) is 12.8. The molecule has 0 atom stereocenters. The Morgan fingerprint density at radius 2 is 1.83 bits per heavy atom. The summed E-state index contributed by atoms with van der Waals surface area (Å²) in [6, 6.07) is 7.00. The second kappa shape index (κ2) is 6.09. The number of rotatable bonds is 2. The summed E-state index contributed by atoms with van der Waals surface area (Å²) in [5.74, 6) is 0.884. The lowest BCUT2D eigenvalue weighted by atomic mass is 10.2. The lowest BCUT2D eigenvalue weighted by Crippen LogP contribution is -2.49. The van der Waals surface area contributed by atoms with Gasteiger partial charge >= 0.3 is 0 Å². The first-order valence-corrected chi connectivity index (χ1v) is 8.04. The van der Waals surface area contributed by atoms with Gasteiger partial charge < -0.3 is 9.80 Å². The monoisotopic (exact) mass is 342 g/mol. The van der Waals surface area contributed by atoms with Crippen molar-refractivity contribution in [3.63, 3.8) is 0 Å². The molecule has 0 bridgehead atoms. The van der Waals surface area contributed by atoms with E-state index in [1.54, 1.807) is 30.5 Å². The molecular weight excluding hydrogens is 328 g/mol. The van der Waals surface area contributed by atoms with Crippen molar-refractivity contribution in [3.8, 4) is 0 Å². The number of H-pyrrole nitrogens is 1. The Morgan fingerprint density at radius 3 is 2.58 bits per heavy atom. The number of benzene rings is 1. The van der Waals surface area contributed by atoms with Gasteiger partial charge in [0.25, 0.3) is 5.91 Å². The topological polar surface area (TPSA) is 78.0 Å². The number of halogens is 1. The van der Waals surface area contributed by atoms with Crippen LogP contribution in [0, 0.1) is 0 Å². The fourth-order valence-electron chi connectivity index (χ4n) is 2.90. The standard InChI is InChI=1S/C16H15ClN6O/c17-12-3-1-11(2-4-12)16(24)23-7-5-22(6-8-23)15-13-9-20-21-14(13)18-10-19-15/h1-4,9-10H,5-8H2,(H,18,19,20,21). The van der Waals surface area contributed by atoms with Crippen molar-refractivity contribution in [1.29, 1.82) is 0 Å². The average Bonchev–Trinajstić information content (AvgIpc) is 3.11. The number of piperazine rings is 1. The minimum atomic E-state index is 0.0301. The first-order chi connectivity index (χ1) is 11.7. The van der Waals surface area contributed by atoms with Crippen LogP contribution in [0.1, 0.15) is 10.4 Å². The van der Waals surface area contributed by atoms with Gasteiger partial charge in [-0.1, -0.05) is 11.6 Å². The Morgan fingerprint density at radius 1 is 1.08 bits per heavy atom. The van der Waals surface area contributed by atoms with E-state index in [0.717, 1.165) is 29.9 Å². The normalized spacial score (nSPS) is 15.0. The van der Waals surface area contributed by atoms with Crippen LogP contribution in [-0.2, 0) is 0 Å². The van der Waals surface area contributed by atoms with Gasteiger partial charge in [0, 0.05) is 36.8 Å². The molecule has 1 saturated heterocycles. The fourth-order valence-corrected chi connectivity index (χ4v) is 3.03. The minimum Gasteiger partial charge on any atom is -0.352 e. The molecule has 0 spiro atoms. The van der Waals surface area contributed by atoms with Gasteiger partial charge in [0.05, 0.1) is 11.6 Å². The van der Waals surface area contributed by atoms with E-state index >= 15 is 0 Å². The molecule has 1 fully saturated rings. The summed E-state index contributed by atoms with van der Waals surface area (Å²) in [5.41, 5.74) is 1.38. The van der Waals surface area contributed by atoms with Crippen LogP contribution in [0.25, 0.3) is 11.0 Å². The van der Waals surface area contributed by atoms with Crippen LogP contribution < -0.4 is 4.90 Å². The number of carbonyl (C=O) groups is 1. The molecule has 0 saturated carbocycles. The van der Waals surface area contributed by atoms with Crippen LogP contribution in [0.4, 0.5) is 5.82 Å². The smallest absolute Gasteiger partial charge is 0.253 e. The van der Waals surface area contributed by atoms with Gasteiger partial charge in [-0.15, -0.1) is 0 Å². The highest BCUT2D eigenvalue weighted by molar-refractivity contribution is 6.30. The highest BCUT2D eigenvalue weighted by Crippen LogP contribution is 2.22. The Kier molecular flexibility index (Phi) is 3.78. The van der Waals surface area contributed by atoms with E-state index in [1.165, 1.54) is 6.33 Å². The molecule has 3 heterocycles. The third-order valence-electron chi connectivity index (χ3n) is 4.18. The molecule has 1 amide bonds. The Labute approximate surface area is 143 Å². The van der Waals surface area contributed by atoms with Crippen molar-refractivity contribution in [1.82, 2.24) is 25.1 Å². The van der Waals surface area contributed by atoms with Crippen LogP contribution in [0.3, 0.4) is 0 Å². The molecule has 0 aliphatic carbocycles. The second-order valence-electron chi connectivity index (χ2n) is 5.62. The first kappa shape index (κ1) is 14.9. The molecule has 122 valence electrons. The van der Waals surface area contributed by atoms with E-state index in [-0.39, 0.29) is 5.91 Å². The van der Waals surface area contributed by atoms with E-state index in [9.17, 15) is 4.79 Å². The zero-order valence-corrected chi connectivity index (χ0v) is 13.6. The van der Waals surface area contributed by atoms with E-state index < -0.39 is 0 Å². The van der Waals surface area contributed by atoms with E-state index in [2.05, 4.69) is 25.1 Å². The molecule has 1 aromatic carbocycles. The van der Waals surface area contributed by atoms with Gasteiger partial charge in [0.15, 0.2) is 5.65 Å². The number of carbonyl (C=O) groups excluding carboxylic acids is 1. The molecule has 3 aromatic rings. The summed E-state index contributed by atoms with van der Waals surface area (Å²) < 4.78 is 0. The molecule has 0 unspecified atom stereocenters. The SMILES string of the molecule is O=C(c1ccc(Cl)cc1)N1CCN(c2ncnc3[nH]ncc23)CC1. The molecule has 2 aromatic heterocycles. The Bertz CT molecular complexity index is 870. The number of aromatic amines is 1. The highest BCUT2D eigenvalue weighted by Gasteiger charge is 2.24. The van der Waals surface area contributed by atoms with Crippen LogP contribution >= 0.6 is 11.6 Å². The summed E-state index contributed by atoms with van der Waals surface area (Å²) in [4.78, 5) is 25.1. The molecule has 7 nitrogen and oxygen atoms in total. The van der Waals surface area contributed by atoms with Gasteiger partial charge in [-0.05, 0) is 24.3 Å². The summed E-state index contributed by atoms with van der Waals surface area (Å²) >= 11 is 5.88. The lowest BCUT2D eigenvalue weighted by molar-refractivity contribution is 0.0746. The highest BCUT2D eigenvalue weighted by atomic mass is 35.5. The maximum atomic E-state index is 12.5. The molecule has 0 radical (unpaired) electrons. The fraction of sp³-hybridized carbons (Fsp3) is 0.250. The molecule has 1 aliphatic rings. The van der Waals surface area contributed by atoms with E-state index in [0.29, 0.717) is 23.7 Å². The number of nitrogens with zero attached hydrogens (tertiary/aromatic N) is 5. The number of aromatic nitrogens is 4. The van der Waals surface area contributed by atoms with Gasteiger partial charge in [-0.2, -0.15) is 5.10 Å². The van der Waals surface area contributed by atoms with Crippen LogP contribution in [0.2, 0.25) is 5.02 Å². The van der Waals surface area contributed by atoms with Crippen molar-refractivity contribution in [3.05, 3.63) is 47.4 Å². The van der Waals surface area contributed by atoms with Gasteiger partial charge in [0.2, 0.25) is 0 Å². The maximum Gasteiger partial charge on any atom is 0.253 e. The minimum absolute atomic E-state index is 0.0301. The number of amides is 1. The maximum absolute atomic E-state index is 12.5. The van der Waals surface area contributed by atoms with Crippen molar-refractivity contribution >= 4 is 34.4 Å². The third kappa shape index (κ3) is 2.67. The number of fused-ring (bicyclic) bond motifs is 1. The molecule has 1 aliphatic heterocycles. The Hall–Kier alpha value is -2.67. The van der Waals surface area contributed by atoms with Gasteiger partial charge in [-0.25, -0.2) is 9.97 Å². The predicted octanol–water partition coefficient (Wildman–Crippen LogP) is 1.97. The number of nitrogens with one attached hydrogen (secondary N) is 1. The molecule has 1 N–H and O–H groups in total. The molecule has 4 rings (SSSR count). The molecule has 24 heavy (non-hydrogen) atoms. The Balaban J connectivity index is 1.48. The van der Waals surface area contributed by atoms with Gasteiger partial charge in [-0.3, -0.25) is 9.89 Å². The summed E-state index contributed by atoms with van der Waals surface area (Å²) in [6.07, 6.45) is 3.26. The second-order valence-corrected chi connectivity index (χ2v) is 6.05. The van der Waals surface area contributed by atoms with Crippen molar-refractivity contribution in [2.24, 2.45) is 0 Å². The third-order valence-corrected chi connectivity index (χ3v) is 4.44. The summed E-state index contributed by atoms with van der Waals surface area (Å²) in [5, 5.41) is 8.39. The van der Waals surface area contributed by atoms with Crippen LogP contribution in [0.15, 0.2) is 36.8 Å². The van der Waals surface area contributed by atoms with Crippen molar-refractivity contribution in [2.45, 2.75) is 0 Å². The number of hydrogen-bond acceptors (Lipinski definition) is 5. The lowest BCUT2D eigenvalue weighted by Gasteiger charge is -2.35. The van der Waals surface area contributed by atoms with E-state index in [1.807, 2.05) is 4.90 Å². The number of hydrogen-bond donors (Lipinski definition) is 1. The number of anilines is 1. The van der Waals surface area contributed by atoms with Crippen molar-refractivity contribution in [2.75, 3.05) is 31.1 Å². The summed E-state index contributed by atoms with van der Waals surface area (Å²) in [6.45, 7) is 2.73. The average molecular weight is 343 g/mol. The zero-order chi connectivity index (χ0) is 16.5.